The van der Waals surface area contributed by atoms with Crippen molar-refractivity contribution in [2.24, 2.45) is 5.92 Å². The molecule has 1 aliphatic heterocycles. The number of thiophene rings is 1. The van der Waals surface area contributed by atoms with Crippen LogP contribution in [0.2, 0.25) is 5.28 Å². The Kier molecular flexibility index (Phi) is 4.07. The lowest BCUT2D eigenvalue weighted by molar-refractivity contribution is -0.161. The maximum Gasteiger partial charge on any atom is 0.224 e. The molecule has 2 aliphatic rings. The van der Waals surface area contributed by atoms with Crippen LogP contribution in [-0.4, -0.2) is 44.2 Å². The van der Waals surface area contributed by atoms with Gasteiger partial charge in [0, 0.05) is 40.7 Å². The van der Waals surface area contributed by atoms with E-state index in [9.17, 15) is 5.11 Å². The Bertz CT molecular complexity index is 988. The number of fused-ring (bicyclic) bond motifs is 2. The van der Waals surface area contributed by atoms with Gasteiger partial charge in [-0.05, 0) is 43.3 Å². The molecule has 0 unspecified atom stereocenters. The van der Waals surface area contributed by atoms with Crippen molar-refractivity contribution < 1.29 is 14.6 Å². The Labute approximate surface area is 165 Å². The smallest absolute Gasteiger partial charge is 0.224 e. The fourth-order valence-electron chi connectivity index (χ4n) is 4.40. The summed E-state index contributed by atoms with van der Waals surface area (Å²) in [6.45, 7) is 3.91. The molecular formula is C19H20ClN3O3S. The maximum atomic E-state index is 9.87. The van der Waals surface area contributed by atoms with Gasteiger partial charge in [0.2, 0.25) is 5.28 Å². The van der Waals surface area contributed by atoms with E-state index in [1.54, 1.807) is 17.5 Å². The lowest BCUT2D eigenvalue weighted by atomic mass is 10.1. The van der Waals surface area contributed by atoms with Gasteiger partial charge in [-0.2, -0.15) is 4.98 Å². The number of nitrogens with zero attached hydrogens (tertiary/aromatic N) is 3. The van der Waals surface area contributed by atoms with E-state index in [1.165, 1.54) is 0 Å². The molecule has 0 radical (unpaired) electrons. The largest absolute Gasteiger partial charge is 0.396 e. The second-order valence-electron chi connectivity index (χ2n) is 7.61. The van der Waals surface area contributed by atoms with Gasteiger partial charge >= 0.3 is 0 Å². The van der Waals surface area contributed by atoms with Crippen LogP contribution in [0.1, 0.15) is 26.3 Å². The topological polar surface area (TPSA) is 69.4 Å². The summed E-state index contributed by atoms with van der Waals surface area (Å²) in [5.41, 5.74) is 1.87. The molecule has 0 bridgehead atoms. The predicted octanol–water partition coefficient (Wildman–Crippen LogP) is 3.89. The summed E-state index contributed by atoms with van der Waals surface area (Å²) in [7, 11) is 0. The number of halogens is 1. The third-order valence-corrected chi connectivity index (χ3v) is 6.56. The molecule has 1 N–H and O–H groups in total. The minimum atomic E-state index is -0.659. The standard InChI is InChI=1S/C19H20ClN3O3S/c1-19(2)25-15-10(9-24)6-13(16(15)26-19)23-8-12(14-4-3-5-27-14)11-7-21-18(20)22-17(11)23/h3-5,7-8,10,13,15-16,24H,6,9H2,1-2H3/t10-,13-,15-,16+/m1/s1. The van der Waals surface area contributed by atoms with Crippen molar-refractivity contribution in [3.8, 4) is 10.4 Å². The van der Waals surface area contributed by atoms with E-state index in [2.05, 4.69) is 32.2 Å². The summed E-state index contributed by atoms with van der Waals surface area (Å²) in [6.07, 6.45) is 4.38. The fourth-order valence-corrected chi connectivity index (χ4v) is 5.28. The van der Waals surface area contributed by atoms with E-state index in [-0.39, 0.29) is 36.1 Å². The number of aromatic nitrogens is 3. The van der Waals surface area contributed by atoms with Crippen LogP contribution in [0.3, 0.4) is 0 Å². The Hall–Kier alpha value is -1.51. The predicted molar refractivity (Wildman–Crippen MR) is 104 cm³/mol. The van der Waals surface area contributed by atoms with Crippen molar-refractivity contribution in [3.05, 3.63) is 35.2 Å². The SMILES string of the molecule is CC1(C)O[C@@H]2[C@@H](CO)C[C@@H](n3cc(-c4cccs4)c4cnc(Cl)nc43)[C@@H]2O1. The molecule has 8 heteroatoms. The van der Waals surface area contributed by atoms with Crippen molar-refractivity contribution in [1.82, 2.24) is 14.5 Å². The van der Waals surface area contributed by atoms with E-state index in [0.717, 1.165) is 27.9 Å². The summed E-state index contributed by atoms with van der Waals surface area (Å²) >= 11 is 7.79. The molecule has 142 valence electrons. The first-order chi connectivity index (χ1) is 13.0. The molecule has 1 saturated carbocycles. The fraction of sp³-hybridized carbons (Fsp3) is 0.474. The lowest BCUT2D eigenvalue weighted by Gasteiger charge is -2.24. The maximum absolute atomic E-state index is 9.87. The van der Waals surface area contributed by atoms with Gasteiger partial charge in [0.1, 0.15) is 11.8 Å². The minimum absolute atomic E-state index is 0.0103. The first-order valence-corrected chi connectivity index (χ1v) is 10.3. The number of aliphatic hydroxyl groups excluding tert-OH is 1. The zero-order chi connectivity index (χ0) is 18.8. The molecule has 1 saturated heterocycles. The molecule has 6 nitrogen and oxygen atoms in total. The molecule has 2 fully saturated rings. The first kappa shape index (κ1) is 17.6. The van der Waals surface area contributed by atoms with Crippen LogP contribution < -0.4 is 0 Å². The van der Waals surface area contributed by atoms with Crippen LogP contribution in [0.4, 0.5) is 0 Å². The van der Waals surface area contributed by atoms with E-state index in [4.69, 9.17) is 21.1 Å². The van der Waals surface area contributed by atoms with E-state index in [1.807, 2.05) is 19.9 Å². The summed E-state index contributed by atoms with van der Waals surface area (Å²) in [6, 6.07) is 4.13. The normalized spacial score (nSPS) is 29.5. The Balaban J connectivity index is 1.66. The van der Waals surface area contributed by atoms with Gasteiger partial charge in [0.15, 0.2) is 5.79 Å². The number of rotatable bonds is 3. The van der Waals surface area contributed by atoms with Crippen LogP contribution in [0.25, 0.3) is 21.5 Å². The van der Waals surface area contributed by atoms with E-state index in [0.29, 0.717) is 0 Å². The average molecular weight is 406 g/mol. The molecule has 27 heavy (non-hydrogen) atoms. The van der Waals surface area contributed by atoms with Crippen LogP contribution in [0.15, 0.2) is 29.9 Å². The monoisotopic (exact) mass is 405 g/mol. The minimum Gasteiger partial charge on any atom is -0.396 e. The number of hydrogen-bond donors (Lipinski definition) is 1. The lowest BCUT2D eigenvalue weighted by Crippen LogP contribution is -2.27. The molecule has 4 atom stereocenters. The molecule has 3 aromatic rings. The van der Waals surface area contributed by atoms with Crippen molar-refractivity contribution in [3.63, 3.8) is 0 Å². The highest BCUT2D eigenvalue weighted by molar-refractivity contribution is 7.13. The third kappa shape index (κ3) is 2.80. The highest BCUT2D eigenvalue weighted by Crippen LogP contribution is 2.48. The van der Waals surface area contributed by atoms with Crippen molar-refractivity contribution in [1.29, 1.82) is 0 Å². The van der Waals surface area contributed by atoms with Gasteiger partial charge in [-0.25, -0.2) is 4.98 Å². The molecule has 0 spiro atoms. The molecule has 0 amide bonds. The van der Waals surface area contributed by atoms with E-state index < -0.39 is 5.79 Å². The summed E-state index contributed by atoms with van der Waals surface area (Å²) in [4.78, 5) is 9.86. The van der Waals surface area contributed by atoms with E-state index >= 15 is 0 Å². The second kappa shape index (κ2) is 6.25. The van der Waals surface area contributed by atoms with Gasteiger partial charge in [-0.1, -0.05) is 6.07 Å². The van der Waals surface area contributed by atoms with Crippen LogP contribution in [0.5, 0.6) is 0 Å². The molecular weight excluding hydrogens is 386 g/mol. The zero-order valence-corrected chi connectivity index (χ0v) is 16.6. The van der Waals surface area contributed by atoms with Gasteiger partial charge in [-0.3, -0.25) is 0 Å². The Morgan fingerprint density at radius 1 is 1.37 bits per heavy atom. The van der Waals surface area contributed by atoms with Crippen molar-refractivity contribution in [2.75, 3.05) is 6.61 Å². The first-order valence-electron chi connectivity index (χ1n) is 9.00. The highest BCUT2D eigenvalue weighted by Gasteiger charge is 2.54. The van der Waals surface area contributed by atoms with Crippen LogP contribution >= 0.6 is 22.9 Å². The molecule has 3 aromatic heterocycles. The molecule has 5 rings (SSSR count). The number of aliphatic hydroxyl groups is 1. The highest BCUT2D eigenvalue weighted by atomic mass is 35.5. The van der Waals surface area contributed by atoms with Crippen molar-refractivity contribution in [2.45, 2.75) is 44.3 Å². The van der Waals surface area contributed by atoms with Crippen LogP contribution in [-0.2, 0) is 9.47 Å². The van der Waals surface area contributed by atoms with Crippen molar-refractivity contribution >= 4 is 34.0 Å². The number of hydrogen-bond acceptors (Lipinski definition) is 6. The summed E-state index contributed by atoms with van der Waals surface area (Å²) in [5.74, 6) is -0.630. The molecule has 4 heterocycles. The van der Waals surface area contributed by atoms with Crippen LogP contribution in [0, 0.1) is 5.92 Å². The van der Waals surface area contributed by atoms with Gasteiger partial charge in [0.25, 0.3) is 0 Å². The van der Waals surface area contributed by atoms with Gasteiger partial charge in [0.05, 0.1) is 12.1 Å². The quantitative estimate of drug-likeness (QED) is 0.669. The average Bonchev–Trinajstić information content (AvgIpc) is 3.36. The zero-order valence-electron chi connectivity index (χ0n) is 15.0. The Morgan fingerprint density at radius 3 is 2.93 bits per heavy atom. The summed E-state index contributed by atoms with van der Waals surface area (Å²) < 4.78 is 14.4. The molecule has 0 aromatic carbocycles. The molecule has 1 aliphatic carbocycles. The van der Waals surface area contributed by atoms with Gasteiger partial charge < -0.3 is 19.1 Å². The Morgan fingerprint density at radius 2 is 2.19 bits per heavy atom. The third-order valence-electron chi connectivity index (χ3n) is 5.47. The summed E-state index contributed by atoms with van der Waals surface area (Å²) in [5, 5.41) is 13.1. The number of ether oxygens (including phenoxy) is 2. The van der Waals surface area contributed by atoms with Gasteiger partial charge in [-0.15, -0.1) is 11.3 Å². The second-order valence-corrected chi connectivity index (χ2v) is 8.90.